The van der Waals surface area contributed by atoms with E-state index >= 15 is 0 Å². The van der Waals surface area contributed by atoms with Crippen molar-refractivity contribution in [2.75, 3.05) is 5.32 Å². The van der Waals surface area contributed by atoms with Gasteiger partial charge in [0, 0.05) is 11.3 Å². The third-order valence-electron chi connectivity index (χ3n) is 2.99. The van der Waals surface area contributed by atoms with Crippen LogP contribution in [0, 0.1) is 0 Å². The molecule has 1 amide bonds. The largest absolute Gasteiger partial charge is 0.333 e. The summed E-state index contributed by atoms with van der Waals surface area (Å²) in [7, 11) is 0. The SMILES string of the molecule is CC/C=C(\CCC)C(=O)Nc1ccc2nc(S)[nH]c2c1. The summed E-state index contributed by atoms with van der Waals surface area (Å²) >= 11 is 4.17. The van der Waals surface area contributed by atoms with Crippen LogP contribution in [0.2, 0.25) is 0 Å². The molecule has 0 aliphatic rings. The maximum absolute atomic E-state index is 12.2. The number of nitrogens with zero attached hydrogens (tertiary/aromatic N) is 1. The number of imidazole rings is 1. The van der Waals surface area contributed by atoms with E-state index < -0.39 is 0 Å². The van der Waals surface area contributed by atoms with E-state index in [2.05, 4.69) is 34.8 Å². The van der Waals surface area contributed by atoms with Crippen LogP contribution in [0.25, 0.3) is 11.0 Å². The summed E-state index contributed by atoms with van der Waals surface area (Å²) in [5.41, 5.74) is 3.31. The molecule has 106 valence electrons. The molecule has 0 radical (unpaired) electrons. The number of H-pyrrole nitrogens is 1. The molecule has 0 saturated heterocycles. The molecule has 1 heterocycles. The van der Waals surface area contributed by atoms with Gasteiger partial charge in [-0.3, -0.25) is 4.79 Å². The van der Waals surface area contributed by atoms with Crippen molar-refractivity contribution in [2.24, 2.45) is 0 Å². The minimum atomic E-state index is -0.0290. The van der Waals surface area contributed by atoms with E-state index in [9.17, 15) is 4.79 Å². The van der Waals surface area contributed by atoms with Crippen molar-refractivity contribution in [1.29, 1.82) is 0 Å². The lowest BCUT2D eigenvalue weighted by molar-refractivity contribution is -0.113. The fourth-order valence-corrected chi connectivity index (χ4v) is 2.34. The summed E-state index contributed by atoms with van der Waals surface area (Å²) in [5, 5.41) is 3.50. The normalized spacial score (nSPS) is 11.8. The van der Waals surface area contributed by atoms with E-state index in [0.717, 1.165) is 41.6 Å². The Morgan fingerprint density at radius 2 is 2.25 bits per heavy atom. The third kappa shape index (κ3) is 3.42. The Kier molecular flexibility index (Phi) is 4.84. The first-order valence-electron chi connectivity index (χ1n) is 6.83. The highest BCUT2D eigenvalue weighted by molar-refractivity contribution is 7.80. The average Bonchev–Trinajstić information content (AvgIpc) is 2.77. The second kappa shape index (κ2) is 6.61. The van der Waals surface area contributed by atoms with Gasteiger partial charge in [-0.1, -0.05) is 26.3 Å². The summed E-state index contributed by atoms with van der Waals surface area (Å²) in [4.78, 5) is 19.5. The molecular weight excluding hydrogens is 270 g/mol. The maximum atomic E-state index is 12.2. The number of benzene rings is 1. The number of nitrogens with one attached hydrogen (secondary N) is 2. The fraction of sp³-hybridized carbons (Fsp3) is 0.333. The van der Waals surface area contributed by atoms with Gasteiger partial charge in [-0.25, -0.2) is 4.98 Å². The van der Waals surface area contributed by atoms with E-state index in [0.29, 0.717) is 5.16 Å². The Morgan fingerprint density at radius 3 is 2.95 bits per heavy atom. The molecule has 2 rings (SSSR count). The predicted molar refractivity (Wildman–Crippen MR) is 85.3 cm³/mol. The lowest BCUT2D eigenvalue weighted by atomic mass is 10.1. The summed E-state index contributed by atoms with van der Waals surface area (Å²) in [6, 6.07) is 5.59. The second-order valence-corrected chi connectivity index (χ2v) is 5.06. The number of carbonyl (C=O) groups excluding carboxylic acids is 1. The zero-order chi connectivity index (χ0) is 14.5. The van der Waals surface area contributed by atoms with Crippen LogP contribution in [0.4, 0.5) is 5.69 Å². The van der Waals surface area contributed by atoms with Crippen LogP contribution in [-0.4, -0.2) is 15.9 Å². The first-order valence-corrected chi connectivity index (χ1v) is 7.27. The van der Waals surface area contributed by atoms with Crippen LogP contribution in [0.5, 0.6) is 0 Å². The van der Waals surface area contributed by atoms with Gasteiger partial charge in [0.1, 0.15) is 0 Å². The molecule has 0 saturated carbocycles. The number of carbonyl (C=O) groups is 1. The Bertz CT molecular complexity index is 646. The Hall–Kier alpha value is -1.75. The first-order chi connectivity index (χ1) is 9.63. The predicted octanol–water partition coefficient (Wildman–Crippen LogP) is 3.93. The van der Waals surface area contributed by atoms with Gasteiger partial charge < -0.3 is 10.3 Å². The molecule has 0 aliphatic carbocycles. The Morgan fingerprint density at radius 1 is 1.45 bits per heavy atom. The number of thiol groups is 1. The summed E-state index contributed by atoms with van der Waals surface area (Å²) in [6.45, 7) is 4.11. The zero-order valence-corrected chi connectivity index (χ0v) is 12.6. The van der Waals surface area contributed by atoms with E-state index in [-0.39, 0.29) is 5.91 Å². The number of hydrogen-bond acceptors (Lipinski definition) is 3. The fourth-order valence-electron chi connectivity index (χ4n) is 2.11. The number of aromatic nitrogens is 2. The van der Waals surface area contributed by atoms with E-state index in [1.165, 1.54) is 0 Å². The lowest BCUT2D eigenvalue weighted by Crippen LogP contribution is -2.14. The van der Waals surface area contributed by atoms with E-state index in [1.54, 1.807) is 0 Å². The highest BCUT2D eigenvalue weighted by atomic mass is 32.1. The van der Waals surface area contributed by atoms with Crippen LogP contribution in [0.15, 0.2) is 35.0 Å². The van der Waals surface area contributed by atoms with Crippen LogP contribution in [-0.2, 0) is 4.79 Å². The molecule has 0 fully saturated rings. The van der Waals surface area contributed by atoms with Crippen molar-refractivity contribution >= 4 is 35.3 Å². The van der Waals surface area contributed by atoms with Gasteiger partial charge in [-0.05, 0) is 31.0 Å². The minimum Gasteiger partial charge on any atom is -0.333 e. The second-order valence-electron chi connectivity index (χ2n) is 4.63. The topological polar surface area (TPSA) is 57.8 Å². The first kappa shape index (κ1) is 14.7. The highest BCUT2D eigenvalue weighted by Crippen LogP contribution is 2.19. The molecule has 0 unspecified atom stereocenters. The smallest absolute Gasteiger partial charge is 0.251 e. The van der Waals surface area contributed by atoms with Crippen LogP contribution in [0.3, 0.4) is 0 Å². The van der Waals surface area contributed by atoms with Gasteiger partial charge in [0.25, 0.3) is 5.91 Å². The minimum absolute atomic E-state index is 0.0290. The molecule has 4 nitrogen and oxygen atoms in total. The Labute approximate surface area is 124 Å². The van der Waals surface area contributed by atoms with Crippen molar-refractivity contribution in [3.63, 3.8) is 0 Å². The number of allylic oxidation sites excluding steroid dienone is 1. The molecule has 5 heteroatoms. The van der Waals surface area contributed by atoms with Gasteiger partial charge in [0.2, 0.25) is 0 Å². The van der Waals surface area contributed by atoms with Crippen molar-refractivity contribution in [3.05, 3.63) is 29.8 Å². The maximum Gasteiger partial charge on any atom is 0.251 e. The van der Waals surface area contributed by atoms with Gasteiger partial charge in [-0.2, -0.15) is 0 Å². The number of fused-ring (bicyclic) bond motifs is 1. The molecule has 0 aliphatic heterocycles. The third-order valence-corrected chi connectivity index (χ3v) is 3.20. The highest BCUT2D eigenvalue weighted by Gasteiger charge is 2.09. The average molecular weight is 289 g/mol. The van der Waals surface area contributed by atoms with Gasteiger partial charge in [0.05, 0.1) is 11.0 Å². The molecule has 0 bridgehead atoms. The van der Waals surface area contributed by atoms with Crippen LogP contribution in [0.1, 0.15) is 33.1 Å². The molecule has 2 N–H and O–H groups in total. The van der Waals surface area contributed by atoms with Crippen molar-refractivity contribution in [3.8, 4) is 0 Å². The quantitative estimate of drug-likeness (QED) is 0.577. The van der Waals surface area contributed by atoms with E-state index in [1.807, 2.05) is 31.2 Å². The molecule has 1 aromatic carbocycles. The molecule has 2 aromatic rings. The Balaban J connectivity index is 2.18. The number of aromatic amines is 1. The lowest BCUT2D eigenvalue weighted by Gasteiger charge is -2.08. The monoisotopic (exact) mass is 289 g/mol. The van der Waals surface area contributed by atoms with Crippen LogP contribution < -0.4 is 5.32 Å². The van der Waals surface area contributed by atoms with E-state index in [4.69, 9.17) is 0 Å². The number of rotatable bonds is 5. The zero-order valence-electron chi connectivity index (χ0n) is 11.7. The van der Waals surface area contributed by atoms with Gasteiger partial charge >= 0.3 is 0 Å². The van der Waals surface area contributed by atoms with Crippen molar-refractivity contribution in [1.82, 2.24) is 9.97 Å². The van der Waals surface area contributed by atoms with Crippen LogP contribution >= 0.6 is 12.6 Å². The number of amides is 1. The molecular formula is C15H19N3OS. The van der Waals surface area contributed by atoms with Crippen molar-refractivity contribution in [2.45, 2.75) is 38.3 Å². The number of anilines is 1. The molecule has 0 atom stereocenters. The standard InChI is InChI=1S/C15H19N3OS/c1-3-5-10(6-4-2)14(19)16-11-7-8-12-13(9-11)18-15(20)17-12/h5,7-9H,3-4,6H2,1-2H3,(H,16,19)(H2,17,18,20)/b10-5+. The summed E-state index contributed by atoms with van der Waals surface area (Å²) in [5.74, 6) is -0.0290. The van der Waals surface area contributed by atoms with Crippen molar-refractivity contribution < 1.29 is 4.79 Å². The van der Waals surface area contributed by atoms with Gasteiger partial charge in [0.15, 0.2) is 5.16 Å². The molecule has 20 heavy (non-hydrogen) atoms. The summed E-state index contributed by atoms with van der Waals surface area (Å²) in [6.07, 6.45) is 4.61. The summed E-state index contributed by atoms with van der Waals surface area (Å²) < 4.78 is 0. The molecule has 1 aromatic heterocycles. The molecule has 0 spiro atoms. The number of hydrogen-bond donors (Lipinski definition) is 3. The van der Waals surface area contributed by atoms with Gasteiger partial charge in [-0.15, -0.1) is 12.6 Å².